The smallest absolute Gasteiger partial charge is 0.480 e. The molecule has 2 fully saturated rings. The van der Waals surface area contributed by atoms with E-state index in [0.717, 1.165) is 33.4 Å². The van der Waals surface area contributed by atoms with E-state index in [4.69, 9.17) is 20.3 Å². The molecule has 2 aliphatic rings. The Morgan fingerprint density at radius 1 is 0.677 bits per heavy atom. The molecule has 6 atom stereocenters. The molecule has 13 heteroatoms. The second-order valence-corrected chi connectivity index (χ2v) is 15.9. The minimum absolute atomic E-state index is 0.0521. The lowest BCUT2D eigenvalue weighted by Crippen LogP contribution is -2.50. The Morgan fingerprint density at radius 2 is 1.12 bits per heavy atom. The number of ether oxygens (including phenoxy) is 3. The first-order valence-corrected chi connectivity index (χ1v) is 21.1. The molecule has 0 radical (unpaired) electrons. The largest absolute Gasteiger partial charge is 0.573 e. The summed E-state index contributed by atoms with van der Waals surface area (Å²) in [5, 5.41) is 8.57. The lowest BCUT2D eigenvalue weighted by molar-refractivity contribution is -0.274. The fourth-order valence-corrected chi connectivity index (χ4v) is 7.89. The quantitative estimate of drug-likeness (QED) is 0.128. The van der Waals surface area contributed by atoms with Crippen molar-refractivity contribution in [1.82, 2.24) is 9.80 Å². The van der Waals surface area contributed by atoms with Crippen molar-refractivity contribution >= 4 is 17.9 Å². The maximum absolute atomic E-state index is 13.0. The lowest BCUT2D eigenvalue weighted by Gasteiger charge is -2.43. The van der Waals surface area contributed by atoms with Gasteiger partial charge >= 0.3 is 24.3 Å². The molecule has 2 heterocycles. The molecular formula is C52H52F3N3O7. The second kappa shape index (κ2) is 22.2. The van der Waals surface area contributed by atoms with Crippen molar-refractivity contribution in [3.05, 3.63) is 209 Å². The first-order valence-electron chi connectivity index (χ1n) is 21.1. The van der Waals surface area contributed by atoms with Gasteiger partial charge in [-0.3, -0.25) is 24.2 Å². The van der Waals surface area contributed by atoms with E-state index < -0.39 is 30.5 Å². The number of nitrogens with zero attached hydrogens (tertiary/aromatic N) is 2. The van der Waals surface area contributed by atoms with Gasteiger partial charge in [-0.15, -0.1) is 13.2 Å². The van der Waals surface area contributed by atoms with E-state index in [1.807, 2.05) is 159 Å². The highest BCUT2D eigenvalue weighted by atomic mass is 19.4. The third-order valence-corrected chi connectivity index (χ3v) is 11.1. The van der Waals surface area contributed by atoms with Crippen molar-refractivity contribution in [2.75, 3.05) is 20.6 Å². The molecule has 3 N–H and O–H groups in total. The van der Waals surface area contributed by atoms with E-state index in [1.54, 1.807) is 0 Å². The van der Waals surface area contributed by atoms with Crippen LogP contribution in [0.1, 0.15) is 63.2 Å². The van der Waals surface area contributed by atoms with Crippen LogP contribution in [0, 0.1) is 6.92 Å². The van der Waals surface area contributed by atoms with Crippen molar-refractivity contribution < 1.29 is 46.9 Å². The highest BCUT2D eigenvalue weighted by Gasteiger charge is 2.43. The molecular weight excluding hydrogens is 836 g/mol. The average molecular weight is 888 g/mol. The SMILES string of the molecule is CN1C(Cc2ccc(OC(F)(F)F)cc2)C(=O)OC(c2ccccc2)C1c1ccccc1.CN1CC(=O)OC(c2ccccc2)C1c1ccccc1.Cc1ccc(CC(N)C(=O)O)cc1. The highest BCUT2D eigenvalue weighted by Crippen LogP contribution is 2.42. The van der Waals surface area contributed by atoms with E-state index in [0.29, 0.717) is 24.9 Å². The zero-order chi connectivity index (χ0) is 46.5. The van der Waals surface area contributed by atoms with Crippen molar-refractivity contribution in [3.8, 4) is 5.75 Å². The Hall–Kier alpha value is -6.80. The predicted molar refractivity (Wildman–Crippen MR) is 240 cm³/mol. The van der Waals surface area contributed by atoms with Crippen LogP contribution in [0.15, 0.2) is 170 Å². The highest BCUT2D eigenvalue weighted by molar-refractivity contribution is 5.78. The summed E-state index contributed by atoms with van der Waals surface area (Å²) in [7, 11) is 3.84. The van der Waals surface area contributed by atoms with Crippen LogP contribution < -0.4 is 10.5 Å². The van der Waals surface area contributed by atoms with E-state index in [-0.39, 0.29) is 35.9 Å². The number of carbonyl (C=O) groups is 3. The molecule has 10 nitrogen and oxygen atoms in total. The molecule has 0 aromatic heterocycles. The van der Waals surface area contributed by atoms with Crippen molar-refractivity contribution in [1.29, 1.82) is 0 Å². The molecule has 0 spiro atoms. The van der Waals surface area contributed by atoms with Crippen LogP contribution in [-0.4, -0.2) is 71.9 Å². The number of aryl methyl sites for hydroxylation is 1. The average Bonchev–Trinajstić information content (AvgIpc) is 3.30. The second-order valence-electron chi connectivity index (χ2n) is 15.9. The molecule has 338 valence electrons. The van der Waals surface area contributed by atoms with Crippen molar-refractivity contribution in [2.45, 2.75) is 62.5 Å². The standard InChI is InChI=1S/C25H22F3NO3.C17H17NO2.C10H13NO2/c1-29-21(16-17-12-14-20(15-13-17)32-25(26,27)28)24(30)31-23(19-10-6-3-7-11-19)22(29)18-8-4-2-5-9-18;1-18-12-15(19)20-17(14-10-6-3-7-11-14)16(18)13-8-4-2-5-9-13;1-7-2-4-8(5-3-7)6-9(11)10(12)13/h2-15,21-23H,16H2,1H3;2-11,16-17H,12H2,1H3;2-5,9H,6,11H2,1H3,(H,12,13). The molecule has 8 rings (SSSR count). The van der Waals surface area contributed by atoms with Crippen molar-refractivity contribution in [3.63, 3.8) is 0 Å². The first-order chi connectivity index (χ1) is 31.2. The molecule has 2 aliphatic heterocycles. The summed E-state index contributed by atoms with van der Waals surface area (Å²) in [5.41, 5.74) is 12.3. The number of carboxylic acid groups (broad SMARTS) is 1. The fraction of sp³-hybridized carbons (Fsp3) is 0.250. The van der Waals surface area contributed by atoms with Gasteiger partial charge in [0.05, 0.1) is 18.6 Å². The van der Waals surface area contributed by atoms with E-state index in [1.165, 1.54) is 24.3 Å². The van der Waals surface area contributed by atoms with Gasteiger partial charge in [-0.25, -0.2) is 0 Å². The van der Waals surface area contributed by atoms with Crippen LogP contribution in [0.4, 0.5) is 13.2 Å². The summed E-state index contributed by atoms with van der Waals surface area (Å²) in [5.74, 6) is -1.80. The number of cyclic esters (lactones) is 2. The number of aliphatic carboxylic acids is 1. The topological polar surface area (TPSA) is 132 Å². The monoisotopic (exact) mass is 887 g/mol. The molecule has 6 aromatic rings. The number of esters is 2. The number of benzene rings is 6. The summed E-state index contributed by atoms with van der Waals surface area (Å²) >= 11 is 0. The third kappa shape index (κ3) is 13.4. The molecule has 0 aliphatic carbocycles. The number of rotatable bonds is 10. The lowest BCUT2D eigenvalue weighted by atomic mass is 9.90. The molecule has 0 saturated carbocycles. The van der Waals surface area contributed by atoms with E-state index in [9.17, 15) is 27.6 Å². The molecule has 2 saturated heterocycles. The summed E-state index contributed by atoms with van der Waals surface area (Å²) in [4.78, 5) is 39.2. The van der Waals surface area contributed by atoms with Gasteiger partial charge < -0.3 is 25.1 Å². The normalized spacial score (nSPS) is 20.4. The Kier molecular flexibility index (Phi) is 16.3. The number of alkyl halides is 3. The van der Waals surface area contributed by atoms with Crippen molar-refractivity contribution in [2.24, 2.45) is 5.73 Å². The number of halogens is 3. The van der Waals surface area contributed by atoms with Crippen LogP contribution in [0.25, 0.3) is 0 Å². The van der Waals surface area contributed by atoms with Gasteiger partial charge in [-0.2, -0.15) is 0 Å². The Balaban J connectivity index is 0.000000180. The first kappa shape index (κ1) is 47.7. The van der Waals surface area contributed by atoms with Gasteiger partial charge in [-0.1, -0.05) is 163 Å². The maximum atomic E-state index is 13.0. The molecule has 6 unspecified atom stereocenters. The van der Waals surface area contributed by atoms with Gasteiger partial charge in [0.2, 0.25) is 0 Å². The molecule has 0 bridgehead atoms. The van der Waals surface area contributed by atoms with Crippen LogP contribution in [-0.2, 0) is 36.7 Å². The summed E-state index contributed by atoms with van der Waals surface area (Å²) in [6, 6.07) is 51.2. The number of nitrogens with two attached hydrogens (primary N) is 1. The third-order valence-electron chi connectivity index (χ3n) is 11.1. The van der Waals surface area contributed by atoms with Gasteiger partial charge in [-0.05, 0) is 79.4 Å². The number of carbonyl (C=O) groups excluding carboxylic acids is 2. The zero-order valence-corrected chi connectivity index (χ0v) is 36.3. The Morgan fingerprint density at radius 3 is 1.60 bits per heavy atom. The number of hydrogen-bond donors (Lipinski definition) is 2. The minimum atomic E-state index is -4.75. The minimum Gasteiger partial charge on any atom is -0.480 e. The van der Waals surface area contributed by atoms with Gasteiger partial charge in [0.1, 0.15) is 30.0 Å². The fourth-order valence-electron chi connectivity index (χ4n) is 7.89. The van der Waals surface area contributed by atoms with Gasteiger partial charge in [0, 0.05) is 0 Å². The maximum Gasteiger partial charge on any atom is 0.573 e. The summed E-state index contributed by atoms with van der Waals surface area (Å²) in [6.45, 7) is 2.31. The number of morpholine rings is 2. The van der Waals surface area contributed by atoms with Crippen LogP contribution in [0.5, 0.6) is 5.75 Å². The predicted octanol–water partition coefficient (Wildman–Crippen LogP) is 9.37. The van der Waals surface area contributed by atoms with E-state index >= 15 is 0 Å². The molecule has 6 aromatic carbocycles. The summed E-state index contributed by atoms with van der Waals surface area (Å²) < 4.78 is 52.7. The summed E-state index contributed by atoms with van der Waals surface area (Å²) in [6.07, 6.45) is -4.80. The van der Waals surface area contributed by atoms with E-state index in [2.05, 4.69) is 21.8 Å². The van der Waals surface area contributed by atoms with Gasteiger partial charge in [0.25, 0.3) is 0 Å². The number of likely N-dealkylation sites (N-methyl/N-ethyl adjacent to an activating group) is 2. The number of carboxylic acids is 1. The van der Waals surface area contributed by atoms with Gasteiger partial charge in [0.15, 0.2) is 0 Å². The molecule has 0 amide bonds. The van der Waals surface area contributed by atoms with Crippen LogP contribution in [0.3, 0.4) is 0 Å². The van der Waals surface area contributed by atoms with Crippen LogP contribution >= 0.6 is 0 Å². The van der Waals surface area contributed by atoms with Crippen LogP contribution in [0.2, 0.25) is 0 Å². The number of hydrogen-bond acceptors (Lipinski definition) is 9. The zero-order valence-electron chi connectivity index (χ0n) is 36.3. The molecule has 65 heavy (non-hydrogen) atoms. The Bertz CT molecular complexity index is 2430. The Labute approximate surface area is 377 Å².